The normalized spacial score (nSPS) is 14.3. The Morgan fingerprint density at radius 2 is 1.68 bits per heavy atom. The highest BCUT2D eigenvalue weighted by Crippen LogP contribution is 2.21. The van der Waals surface area contributed by atoms with Gasteiger partial charge >= 0.3 is 12.0 Å². The molecule has 0 aliphatic heterocycles. The van der Waals surface area contributed by atoms with E-state index in [1.165, 1.54) is 0 Å². The Morgan fingerprint density at radius 3 is 2.05 bits per heavy atom. The van der Waals surface area contributed by atoms with Crippen molar-refractivity contribution in [1.82, 2.24) is 10.6 Å². The lowest BCUT2D eigenvalue weighted by atomic mass is 9.85. The summed E-state index contributed by atoms with van der Waals surface area (Å²) in [5.41, 5.74) is 4.63. The van der Waals surface area contributed by atoms with Crippen molar-refractivity contribution in [2.45, 2.75) is 52.6 Å². The molecule has 3 amide bonds. The molecular formula is C12H23N3O4. The number of rotatable bonds is 6. The molecule has 0 spiro atoms. The number of primary amides is 1. The van der Waals surface area contributed by atoms with Crippen molar-refractivity contribution in [1.29, 1.82) is 0 Å². The summed E-state index contributed by atoms with van der Waals surface area (Å²) < 4.78 is 0. The van der Waals surface area contributed by atoms with Gasteiger partial charge in [-0.05, 0) is 12.3 Å². The Morgan fingerprint density at radius 1 is 1.16 bits per heavy atom. The molecule has 0 fully saturated rings. The van der Waals surface area contributed by atoms with Crippen LogP contribution in [0.1, 0.15) is 40.5 Å². The molecular weight excluding hydrogens is 250 g/mol. The van der Waals surface area contributed by atoms with Crippen LogP contribution in [0.5, 0.6) is 0 Å². The predicted molar refractivity (Wildman–Crippen MR) is 70.4 cm³/mol. The fourth-order valence-electron chi connectivity index (χ4n) is 1.52. The molecule has 0 saturated carbocycles. The van der Waals surface area contributed by atoms with Gasteiger partial charge in [-0.25, -0.2) is 4.79 Å². The Hall–Kier alpha value is -1.79. The average molecular weight is 273 g/mol. The zero-order chi connectivity index (χ0) is 15.2. The number of carbonyl (C=O) groups is 3. The second kappa shape index (κ2) is 6.96. The van der Waals surface area contributed by atoms with Gasteiger partial charge in [0, 0.05) is 18.5 Å². The minimum Gasteiger partial charge on any atom is -0.481 e. The third-order valence-corrected chi connectivity index (χ3v) is 2.61. The van der Waals surface area contributed by atoms with Gasteiger partial charge < -0.3 is 21.5 Å². The van der Waals surface area contributed by atoms with Crippen LogP contribution in [0.3, 0.4) is 0 Å². The van der Waals surface area contributed by atoms with Gasteiger partial charge in [0.15, 0.2) is 0 Å². The second-order valence-corrected chi connectivity index (χ2v) is 5.71. The third-order valence-electron chi connectivity index (χ3n) is 2.61. The third kappa shape index (κ3) is 8.01. The number of nitrogens with two attached hydrogens (primary N) is 1. The molecule has 2 unspecified atom stereocenters. The van der Waals surface area contributed by atoms with Crippen LogP contribution in [-0.2, 0) is 9.59 Å². The number of urea groups is 1. The van der Waals surface area contributed by atoms with Crippen molar-refractivity contribution in [3.05, 3.63) is 0 Å². The molecule has 0 aromatic rings. The molecule has 7 nitrogen and oxygen atoms in total. The summed E-state index contributed by atoms with van der Waals surface area (Å²) in [6.07, 6.45) is -0.131. The largest absolute Gasteiger partial charge is 0.481 e. The summed E-state index contributed by atoms with van der Waals surface area (Å²) in [4.78, 5) is 33.2. The highest BCUT2D eigenvalue weighted by atomic mass is 16.4. The lowest BCUT2D eigenvalue weighted by Gasteiger charge is -2.30. The number of carboxylic acid groups (broad SMARTS) is 1. The Bertz CT molecular complexity index is 349. The van der Waals surface area contributed by atoms with Gasteiger partial charge in [0.1, 0.15) is 0 Å². The molecule has 0 saturated heterocycles. The smallest absolute Gasteiger partial charge is 0.315 e. The van der Waals surface area contributed by atoms with Crippen LogP contribution < -0.4 is 16.4 Å². The minimum atomic E-state index is -0.981. The number of carbonyl (C=O) groups excluding carboxylic acids is 2. The summed E-state index contributed by atoms with van der Waals surface area (Å²) in [5.74, 6) is -1.49. The average Bonchev–Trinajstić information content (AvgIpc) is 2.11. The minimum absolute atomic E-state index is 0.0343. The topological polar surface area (TPSA) is 122 Å². The first-order valence-corrected chi connectivity index (χ1v) is 6.09. The Kier molecular flexibility index (Phi) is 6.31. The van der Waals surface area contributed by atoms with Crippen molar-refractivity contribution < 1.29 is 19.5 Å². The standard InChI is InChI=1S/C12H23N3O4/c1-7(5-9(13)16)14-11(19)15-8(6-10(17)18)12(2,3)4/h7-8H,5-6H2,1-4H3,(H2,13,16)(H,17,18)(H2,14,15,19). The zero-order valence-corrected chi connectivity index (χ0v) is 11.8. The molecule has 7 heteroatoms. The van der Waals surface area contributed by atoms with Gasteiger partial charge in [0.2, 0.25) is 5.91 Å². The molecule has 19 heavy (non-hydrogen) atoms. The van der Waals surface area contributed by atoms with Gasteiger partial charge in [0.25, 0.3) is 0 Å². The zero-order valence-electron chi connectivity index (χ0n) is 11.8. The lowest BCUT2D eigenvalue weighted by Crippen LogP contribution is -2.51. The number of aliphatic carboxylic acids is 1. The van der Waals surface area contributed by atoms with E-state index >= 15 is 0 Å². The van der Waals surface area contributed by atoms with E-state index in [-0.39, 0.29) is 18.3 Å². The number of hydrogen-bond donors (Lipinski definition) is 4. The van der Waals surface area contributed by atoms with Crippen LogP contribution >= 0.6 is 0 Å². The number of carboxylic acids is 1. The molecule has 0 aromatic carbocycles. The molecule has 0 heterocycles. The molecule has 0 rings (SSSR count). The van der Waals surface area contributed by atoms with E-state index < -0.39 is 30.0 Å². The maximum Gasteiger partial charge on any atom is 0.315 e. The van der Waals surface area contributed by atoms with E-state index in [0.29, 0.717) is 0 Å². The van der Waals surface area contributed by atoms with Crippen molar-refractivity contribution in [3.63, 3.8) is 0 Å². The van der Waals surface area contributed by atoms with Gasteiger partial charge in [-0.1, -0.05) is 20.8 Å². The summed E-state index contributed by atoms with van der Waals surface area (Å²) in [6.45, 7) is 7.17. The van der Waals surface area contributed by atoms with Crippen LogP contribution in [0, 0.1) is 5.41 Å². The van der Waals surface area contributed by atoms with Crippen LogP contribution in [0.4, 0.5) is 4.79 Å². The summed E-state index contributed by atoms with van der Waals surface area (Å²) in [7, 11) is 0. The quantitative estimate of drug-likeness (QED) is 0.561. The summed E-state index contributed by atoms with van der Waals surface area (Å²) in [5, 5.41) is 14.0. The summed E-state index contributed by atoms with van der Waals surface area (Å²) in [6, 6.07) is -1.41. The first-order valence-electron chi connectivity index (χ1n) is 6.09. The van der Waals surface area contributed by atoms with E-state index in [1.54, 1.807) is 6.92 Å². The molecule has 0 radical (unpaired) electrons. The molecule has 0 bridgehead atoms. The van der Waals surface area contributed by atoms with Gasteiger partial charge in [-0.2, -0.15) is 0 Å². The van der Waals surface area contributed by atoms with Crippen molar-refractivity contribution >= 4 is 17.9 Å². The lowest BCUT2D eigenvalue weighted by molar-refractivity contribution is -0.138. The van der Waals surface area contributed by atoms with Crippen molar-refractivity contribution in [2.75, 3.05) is 0 Å². The molecule has 2 atom stereocenters. The van der Waals surface area contributed by atoms with Gasteiger partial charge in [-0.3, -0.25) is 9.59 Å². The van der Waals surface area contributed by atoms with Crippen molar-refractivity contribution in [2.24, 2.45) is 11.1 Å². The molecule has 0 aromatic heterocycles. The van der Waals surface area contributed by atoms with E-state index in [4.69, 9.17) is 10.8 Å². The number of hydrogen-bond acceptors (Lipinski definition) is 3. The SMILES string of the molecule is CC(CC(N)=O)NC(=O)NC(CC(=O)O)C(C)(C)C. The second-order valence-electron chi connectivity index (χ2n) is 5.71. The highest BCUT2D eigenvalue weighted by molar-refractivity contribution is 5.78. The monoisotopic (exact) mass is 273 g/mol. The molecule has 110 valence electrons. The number of nitrogens with one attached hydrogen (secondary N) is 2. The van der Waals surface area contributed by atoms with Crippen LogP contribution in [0.15, 0.2) is 0 Å². The van der Waals surface area contributed by atoms with E-state index in [9.17, 15) is 14.4 Å². The maximum atomic E-state index is 11.7. The van der Waals surface area contributed by atoms with Crippen LogP contribution in [0.25, 0.3) is 0 Å². The van der Waals surface area contributed by atoms with E-state index in [2.05, 4.69) is 10.6 Å². The Balaban J connectivity index is 4.47. The van der Waals surface area contributed by atoms with Crippen molar-refractivity contribution in [3.8, 4) is 0 Å². The van der Waals surface area contributed by atoms with Crippen LogP contribution in [-0.4, -0.2) is 35.1 Å². The molecule has 5 N–H and O–H groups in total. The Labute approximate surface area is 112 Å². The first kappa shape index (κ1) is 17.2. The van der Waals surface area contributed by atoms with Gasteiger partial charge in [0.05, 0.1) is 6.42 Å². The predicted octanol–water partition coefficient (Wildman–Crippen LogP) is 0.439. The highest BCUT2D eigenvalue weighted by Gasteiger charge is 2.28. The maximum absolute atomic E-state index is 11.7. The first-order chi connectivity index (χ1) is 8.52. The fraction of sp³-hybridized carbons (Fsp3) is 0.750. The van der Waals surface area contributed by atoms with Crippen LogP contribution in [0.2, 0.25) is 0 Å². The van der Waals surface area contributed by atoms with E-state index in [0.717, 1.165) is 0 Å². The molecule has 0 aliphatic rings. The molecule has 0 aliphatic carbocycles. The summed E-state index contributed by atoms with van der Waals surface area (Å²) >= 11 is 0. The van der Waals surface area contributed by atoms with Gasteiger partial charge in [-0.15, -0.1) is 0 Å². The number of amides is 3. The van der Waals surface area contributed by atoms with E-state index in [1.807, 2.05) is 20.8 Å². The fourth-order valence-corrected chi connectivity index (χ4v) is 1.52.